The molecule has 2 amide bonds. The number of rotatable bonds is 3. The molecule has 2 rings (SSSR count). The van der Waals surface area contributed by atoms with Crippen molar-refractivity contribution in [3.05, 3.63) is 45.6 Å². The summed E-state index contributed by atoms with van der Waals surface area (Å²) >= 11 is 1.42. The average Bonchev–Trinajstić information content (AvgIpc) is 2.80. The van der Waals surface area contributed by atoms with Crippen molar-refractivity contribution in [2.75, 3.05) is 10.6 Å². The van der Waals surface area contributed by atoms with Crippen LogP contribution >= 0.6 is 11.3 Å². The van der Waals surface area contributed by atoms with E-state index in [-0.39, 0.29) is 11.8 Å². The summed E-state index contributed by atoms with van der Waals surface area (Å²) in [6, 6.07) is 7.35. The highest BCUT2D eigenvalue weighted by atomic mass is 32.1. The molecule has 0 saturated heterocycles. The van der Waals surface area contributed by atoms with Gasteiger partial charge in [-0.15, -0.1) is 11.3 Å². The molecule has 0 saturated carbocycles. The summed E-state index contributed by atoms with van der Waals surface area (Å²) in [5.74, 6) is -0.258. The molecule has 1 heterocycles. The highest BCUT2D eigenvalue weighted by Gasteiger charge is 2.13. The highest BCUT2D eigenvalue weighted by Crippen LogP contribution is 2.25. The number of amides is 2. The van der Waals surface area contributed by atoms with E-state index in [0.29, 0.717) is 16.3 Å². The molecule has 0 aliphatic carbocycles. The Balaban J connectivity index is 2.24. The van der Waals surface area contributed by atoms with Crippen LogP contribution in [0.1, 0.15) is 27.7 Å². The van der Waals surface area contributed by atoms with Crippen molar-refractivity contribution in [3.63, 3.8) is 0 Å². The number of carbonyl (C=O) groups is 2. The fraction of sp³-hybridized carbons (Fsp3) is 0.200. The number of nitrogens with one attached hydrogen (secondary N) is 2. The minimum absolute atomic E-state index is 0.124. The Kier molecular flexibility index (Phi) is 4.20. The van der Waals surface area contributed by atoms with Gasteiger partial charge in [-0.2, -0.15) is 0 Å². The molecule has 0 atom stereocenters. The van der Waals surface area contributed by atoms with Gasteiger partial charge in [0.05, 0.1) is 4.88 Å². The lowest BCUT2D eigenvalue weighted by Gasteiger charge is -2.12. The molecule has 2 aromatic rings. The van der Waals surface area contributed by atoms with E-state index in [0.717, 1.165) is 11.1 Å². The number of carbonyl (C=O) groups excluding carboxylic acids is 2. The molecule has 2 N–H and O–H groups in total. The molecule has 0 fully saturated rings. The summed E-state index contributed by atoms with van der Waals surface area (Å²) in [6.07, 6.45) is 0. The van der Waals surface area contributed by atoms with Crippen LogP contribution in [0.5, 0.6) is 0 Å². The number of benzene rings is 1. The molecule has 20 heavy (non-hydrogen) atoms. The van der Waals surface area contributed by atoms with Crippen LogP contribution in [0.4, 0.5) is 11.4 Å². The fourth-order valence-corrected chi connectivity index (χ4v) is 2.70. The molecule has 0 spiro atoms. The smallest absolute Gasteiger partial charge is 0.266 e. The first-order chi connectivity index (χ1) is 9.49. The molecular formula is C15H16N2O2S. The average molecular weight is 288 g/mol. The van der Waals surface area contributed by atoms with E-state index in [1.165, 1.54) is 18.3 Å². The van der Waals surface area contributed by atoms with Crippen LogP contribution in [0.15, 0.2) is 29.6 Å². The van der Waals surface area contributed by atoms with Gasteiger partial charge in [0.25, 0.3) is 5.91 Å². The van der Waals surface area contributed by atoms with Crippen molar-refractivity contribution in [1.29, 1.82) is 0 Å². The van der Waals surface area contributed by atoms with Crippen LogP contribution in [0.3, 0.4) is 0 Å². The van der Waals surface area contributed by atoms with E-state index in [1.54, 1.807) is 6.07 Å². The van der Waals surface area contributed by atoms with Crippen LogP contribution in [-0.2, 0) is 4.79 Å². The monoisotopic (exact) mass is 288 g/mol. The molecular weight excluding hydrogens is 272 g/mol. The maximum absolute atomic E-state index is 12.2. The van der Waals surface area contributed by atoms with Crippen LogP contribution < -0.4 is 10.6 Å². The Labute approximate surface area is 121 Å². The first kappa shape index (κ1) is 14.3. The second-order valence-electron chi connectivity index (χ2n) is 4.55. The number of hydrogen-bond acceptors (Lipinski definition) is 3. The third-order valence-electron chi connectivity index (χ3n) is 2.96. The Morgan fingerprint density at radius 1 is 1.05 bits per heavy atom. The predicted molar refractivity (Wildman–Crippen MR) is 82.5 cm³/mol. The first-order valence-corrected chi connectivity index (χ1v) is 7.09. The van der Waals surface area contributed by atoms with Crippen LogP contribution in [-0.4, -0.2) is 11.8 Å². The maximum atomic E-state index is 12.2. The van der Waals surface area contributed by atoms with Crippen LogP contribution in [0, 0.1) is 13.8 Å². The van der Waals surface area contributed by atoms with Crippen LogP contribution in [0.2, 0.25) is 0 Å². The summed E-state index contributed by atoms with van der Waals surface area (Å²) in [4.78, 5) is 24.0. The second kappa shape index (κ2) is 5.88. The number of anilines is 2. The summed E-state index contributed by atoms with van der Waals surface area (Å²) in [6.45, 7) is 5.23. The van der Waals surface area contributed by atoms with Gasteiger partial charge in [-0.25, -0.2) is 0 Å². The van der Waals surface area contributed by atoms with E-state index in [9.17, 15) is 9.59 Å². The summed E-state index contributed by atoms with van der Waals surface area (Å²) in [5.41, 5.74) is 3.21. The van der Waals surface area contributed by atoms with Crippen molar-refractivity contribution in [3.8, 4) is 0 Å². The zero-order valence-corrected chi connectivity index (χ0v) is 12.4. The Hall–Kier alpha value is -2.14. The second-order valence-corrected chi connectivity index (χ2v) is 5.46. The quantitative estimate of drug-likeness (QED) is 0.907. The Bertz CT molecular complexity index is 662. The van der Waals surface area contributed by atoms with E-state index in [2.05, 4.69) is 10.6 Å². The van der Waals surface area contributed by atoms with Gasteiger partial charge in [-0.3, -0.25) is 9.59 Å². The zero-order chi connectivity index (χ0) is 14.7. The lowest BCUT2D eigenvalue weighted by molar-refractivity contribution is -0.114. The van der Waals surface area contributed by atoms with Gasteiger partial charge < -0.3 is 10.6 Å². The molecule has 0 aliphatic heterocycles. The van der Waals surface area contributed by atoms with Gasteiger partial charge in [-0.1, -0.05) is 6.07 Å². The summed E-state index contributed by atoms with van der Waals surface area (Å²) in [5, 5.41) is 7.53. The maximum Gasteiger partial charge on any atom is 0.266 e. The minimum Gasteiger partial charge on any atom is -0.326 e. The number of hydrogen-bond donors (Lipinski definition) is 2. The Morgan fingerprint density at radius 2 is 1.70 bits per heavy atom. The first-order valence-electron chi connectivity index (χ1n) is 6.21. The van der Waals surface area contributed by atoms with Crippen molar-refractivity contribution >= 4 is 34.5 Å². The van der Waals surface area contributed by atoms with E-state index in [1.807, 2.05) is 37.4 Å². The van der Waals surface area contributed by atoms with Crippen molar-refractivity contribution in [2.45, 2.75) is 20.8 Å². The summed E-state index contributed by atoms with van der Waals surface area (Å²) in [7, 11) is 0. The van der Waals surface area contributed by atoms with Crippen molar-refractivity contribution in [2.24, 2.45) is 0 Å². The predicted octanol–water partition coefficient (Wildman–Crippen LogP) is 3.58. The lowest BCUT2D eigenvalue weighted by Crippen LogP contribution is -2.14. The fourth-order valence-electron chi connectivity index (χ4n) is 1.88. The lowest BCUT2D eigenvalue weighted by atomic mass is 10.1. The molecule has 0 unspecified atom stereocenters. The SMILES string of the molecule is CC(=O)Nc1cccc(NC(=O)c2sccc2C)c1C. The standard InChI is InChI=1S/C15H16N2O2S/c1-9-7-8-20-14(9)15(19)17-13-6-4-5-12(10(13)2)16-11(3)18/h4-8H,1-3H3,(H,16,18)(H,17,19). The molecule has 0 aliphatic rings. The van der Waals surface area contributed by atoms with Crippen molar-refractivity contribution < 1.29 is 9.59 Å². The van der Waals surface area contributed by atoms with Crippen molar-refractivity contribution in [1.82, 2.24) is 0 Å². The topological polar surface area (TPSA) is 58.2 Å². The van der Waals surface area contributed by atoms with Gasteiger partial charge in [0.2, 0.25) is 5.91 Å². The normalized spacial score (nSPS) is 10.2. The van der Waals surface area contributed by atoms with E-state index < -0.39 is 0 Å². The number of aryl methyl sites for hydroxylation is 1. The minimum atomic E-state index is -0.134. The van der Waals surface area contributed by atoms with Gasteiger partial charge in [0, 0.05) is 18.3 Å². The van der Waals surface area contributed by atoms with Gasteiger partial charge >= 0.3 is 0 Å². The van der Waals surface area contributed by atoms with Gasteiger partial charge in [-0.05, 0) is 48.6 Å². The largest absolute Gasteiger partial charge is 0.326 e. The van der Waals surface area contributed by atoms with Gasteiger partial charge in [0.15, 0.2) is 0 Å². The van der Waals surface area contributed by atoms with E-state index in [4.69, 9.17) is 0 Å². The molecule has 4 nitrogen and oxygen atoms in total. The van der Waals surface area contributed by atoms with E-state index >= 15 is 0 Å². The highest BCUT2D eigenvalue weighted by molar-refractivity contribution is 7.12. The third kappa shape index (κ3) is 3.05. The van der Waals surface area contributed by atoms with Gasteiger partial charge in [0.1, 0.15) is 0 Å². The molecule has 104 valence electrons. The Morgan fingerprint density at radius 3 is 2.25 bits per heavy atom. The molecule has 1 aromatic heterocycles. The zero-order valence-electron chi connectivity index (χ0n) is 11.6. The molecule has 5 heteroatoms. The molecule has 0 bridgehead atoms. The molecule has 0 radical (unpaired) electrons. The summed E-state index contributed by atoms with van der Waals surface area (Å²) < 4.78 is 0. The number of thiophene rings is 1. The van der Waals surface area contributed by atoms with Crippen LogP contribution in [0.25, 0.3) is 0 Å². The third-order valence-corrected chi connectivity index (χ3v) is 3.98. The molecule has 1 aromatic carbocycles.